The number of hydrogen-bond donors (Lipinski definition) is 1. The summed E-state index contributed by atoms with van der Waals surface area (Å²) < 4.78 is 12.2. The van der Waals surface area contributed by atoms with Gasteiger partial charge in [-0.05, 0) is 55.9 Å². The van der Waals surface area contributed by atoms with E-state index in [1.165, 1.54) is 12.8 Å². The zero-order chi connectivity index (χ0) is 13.0. The molecule has 1 aliphatic carbocycles. The van der Waals surface area contributed by atoms with Gasteiger partial charge in [0.25, 0.3) is 0 Å². The van der Waals surface area contributed by atoms with Gasteiger partial charge >= 0.3 is 0 Å². The number of hydrogen-bond acceptors (Lipinski definition) is 3. The van der Waals surface area contributed by atoms with Gasteiger partial charge in [-0.1, -0.05) is 15.9 Å². The van der Waals surface area contributed by atoms with Gasteiger partial charge in [0.15, 0.2) is 6.79 Å². The van der Waals surface area contributed by atoms with Gasteiger partial charge in [0.05, 0.1) is 6.61 Å². The minimum atomic E-state index is 0.119. The van der Waals surface area contributed by atoms with Crippen LogP contribution in [0, 0.1) is 5.92 Å². The van der Waals surface area contributed by atoms with Gasteiger partial charge in [-0.2, -0.15) is 0 Å². The van der Waals surface area contributed by atoms with Crippen LogP contribution in [0.15, 0.2) is 22.7 Å². The van der Waals surface area contributed by atoms with Crippen LogP contribution in [0.25, 0.3) is 0 Å². The molecule has 4 heteroatoms. The molecule has 3 nitrogen and oxygen atoms in total. The molecular weight excluding hydrogens is 294 g/mol. The third-order valence-corrected chi connectivity index (χ3v) is 3.41. The SMILES string of the molecule is CC(N)Cc1cc(Br)ccc1OCOCC1CC1. The third kappa shape index (κ3) is 4.59. The Morgan fingerprint density at radius 1 is 1.44 bits per heavy atom. The van der Waals surface area contributed by atoms with Gasteiger partial charge in [-0.15, -0.1) is 0 Å². The summed E-state index contributed by atoms with van der Waals surface area (Å²) in [6.45, 7) is 3.14. The summed E-state index contributed by atoms with van der Waals surface area (Å²) in [5.74, 6) is 1.63. The van der Waals surface area contributed by atoms with Gasteiger partial charge in [0.1, 0.15) is 5.75 Å². The monoisotopic (exact) mass is 313 g/mol. The number of benzene rings is 1. The molecule has 0 saturated heterocycles. The second-order valence-electron chi connectivity index (χ2n) is 5.01. The van der Waals surface area contributed by atoms with E-state index < -0.39 is 0 Å². The molecule has 0 spiro atoms. The van der Waals surface area contributed by atoms with Gasteiger partial charge in [-0.25, -0.2) is 0 Å². The van der Waals surface area contributed by atoms with Gasteiger partial charge in [0.2, 0.25) is 0 Å². The Morgan fingerprint density at radius 2 is 2.22 bits per heavy atom. The molecule has 0 aromatic heterocycles. The average Bonchev–Trinajstić information content (AvgIpc) is 3.10. The molecule has 1 aromatic rings. The van der Waals surface area contributed by atoms with Crippen LogP contribution in [0.1, 0.15) is 25.3 Å². The number of rotatable bonds is 7. The van der Waals surface area contributed by atoms with Crippen molar-refractivity contribution in [1.29, 1.82) is 0 Å². The van der Waals surface area contributed by atoms with E-state index in [-0.39, 0.29) is 6.04 Å². The zero-order valence-corrected chi connectivity index (χ0v) is 12.3. The lowest BCUT2D eigenvalue weighted by atomic mass is 10.1. The predicted molar refractivity (Wildman–Crippen MR) is 75.7 cm³/mol. The molecular formula is C14H20BrNO2. The number of halogens is 1. The first-order valence-corrected chi connectivity index (χ1v) is 7.19. The molecule has 1 unspecified atom stereocenters. The molecule has 18 heavy (non-hydrogen) atoms. The van der Waals surface area contributed by atoms with Crippen molar-refractivity contribution >= 4 is 15.9 Å². The van der Waals surface area contributed by atoms with E-state index in [4.69, 9.17) is 15.2 Å². The Balaban J connectivity index is 1.87. The zero-order valence-electron chi connectivity index (χ0n) is 10.7. The molecule has 1 fully saturated rings. The van der Waals surface area contributed by atoms with Crippen molar-refractivity contribution in [1.82, 2.24) is 0 Å². The second kappa shape index (κ2) is 6.55. The second-order valence-corrected chi connectivity index (χ2v) is 5.93. The van der Waals surface area contributed by atoms with Crippen molar-refractivity contribution in [3.05, 3.63) is 28.2 Å². The van der Waals surface area contributed by atoms with Crippen molar-refractivity contribution < 1.29 is 9.47 Å². The minimum Gasteiger partial charge on any atom is -0.467 e. The molecule has 0 radical (unpaired) electrons. The Kier molecular flexibility index (Phi) is 5.03. The predicted octanol–water partition coefficient (Wildman–Crippen LogP) is 3.10. The van der Waals surface area contributed by atoms with Crippen molar-refractivity contribution in [3.63, 3.8) is 0 Å². The van der Waals surface area contributed by atoms with Crippen molar-refractivity contribution in [2.75, 3.05) is 13.4 Å². The highest BCUT2D eigenvalue weighted by Crippen LogP contribution is 2.29. The van der Waals surface area contributed by atoms with Crippen LogP contribution >= 0.6 is 15.9 Å². The molecule has 1 atom stereocenters. The first kappa shape index (κ1) is 13.8. The summed E-state index contributed by atoms with van der Waals surface area (Å²) in [7, 11) is 0. The fraction of sp³-hybridized carbons (Fsp3) is 0.571. The highest BCUT2D eigenvalue weighted by Gasteiger charge is 2.21. The largest absolute Gasteiger partial charge is 0.467 e. The van der Waals surface area contributed by atoms with Crippen LogP contribution < -0.4 is 10.5 Å². The maximum absolute atomic E-state index is 5.84. The van der Waals surface area contributed by atoms with E-state index in [9.17, 15) is 0 Å². The maximum atomic E-state index is 5.84. The summed E-state index contributed by atoms with van der Waals surface area (Å²) in [5, 5.41) is 0. The fourth-order valence-electron chi connectivity index (χ4n) is 1.80. The molecule has 2 rings (SSSR count). The van der Waals surface area contributed by atoms with Gasteiger partial charge < -0.3 is 15.2 Å². The van der Waals surface area contributed by atoms with E-state index in [1.807, 2.05) is 19.1 Å². The lowest BCUT2D eigenvalue weighted by Crippen LogP contribution is -2.18. The maximum Gasteiger partial charge on any atom is 0.189 e. The van der Waals surface area contributed by atoms with E-state index in [0.29, 0.717) is 6.79 Å². The normalized spacial score (nSPS) is 16.6. The van der Waals surface area contributed by atoms with Gasteiger partial charge in [0, 0.05) is 10.5 Å². The third-order valence-electron chi connectivity index (χ3n) is 2.91. The molecule has 1 aliphatic rings. The van der Waals surface area contributed by atoms with E-state index in [2.05, 4.69) is 22.0 Å². The number of ether oxygens (including phenoxy) is 2. The number of nitrogens with two attached hydrogens (primary N) is 1. The smallest absolute Gasteiger partial charge is 0.189 e. The first-order chi connectivity index (χ1) is 8.65. The molecule has 100 valence electrons. The van der Waals surface area contributed by atoms with Crippen molar-refractivity contribution in [2.45, 2.75) is 32.2 Å². The standard InChI is InChI=1S/C14H20BrNO2/c1-10(16)6-12-7-13(15)4-5-14(12)18-9-17-8-11-2-3-11/h4-5,7,10-11H,2-3,6,8-9,16H2,1H3. The van der Waals surface area contributed by atoms with E-state index in [0.717, 1.165) is 34.7 Å². The Bertz CT molecular complexity index is 391. The molecule has 1 aromatic carbocycles. The first-order valence-electron chi connectivity index (χ1n) is 6.39. The summed E-state index contributed by atoms with van der Waals surface area (Å²) in [6, 6.07) is 6.11. The Morgan fingerprint density at radius 3 is 2.89 bits per heavy atom. The minimum absolute atomic E-state index is 0.119. The molecule has 1 saturated carbocycles. The summed E-state index contributed by atoms with van der Waals surface area (Å²) in [5.41, 5.74) is 6.96. The summed E-state index contributed by atoms with van der Waals surface area (Å²) in [6.07, 6.45) is 3.40. The van der Waals surface area contributed by atoms with E-state index in [1.54, 1.807) is 0 Å². The fourth-order valence-corrected chi connectivity index (χ4v) is 2.21. The van der Waals surface area contributed by atoms with Crippen LogP contribution in [-0.4, -0.2) is 19.4 Å². The lowest BCUT2D eigenvalue weighted by molar-refractivity contribution is 0.00943. The van der Waals surface area contributed by atoms with Crippen LogP contribution in [-0.2, 0) is 11.2 Å². The summed E-state index contributed by atoms with van der Waals surface area (Å²) >= 11 is 3.47. The highest BCUT2D eigenvalue weighted by atomic mass is 79.9. The average molecular weight is 314 g/mol. The van der Waals surface area contributed by atoms with Crippen LogP contribution in [0.4, 0.5) is 0 Å². The molecule has 0 amide bonds. The summed E-state index contributed by atoms with van der Waals surface area (Å²) in [4.78, 5) is 0. The van der Waals surface area contributed by atoms with Gasteiger partial charge in [-0.3, -0.25) is 0 Å². The molecule has 0 heterocycles. The quantitative estimate of drug-likeness (QED) is 0.621. The Labute approximate surface area is 117 Å². The van der Waals surface area contributed by atoms with Crippen molar-refractivity contribution in [2.24, 2.45) is 11.7 Å². The Hall–Kier alpha value is -0.580. The lowest BCUT2D eigenvalue weighted by Gasteiger charge is -2.13. The van der Waals surface area contributed by atoms with Crippen LogP contribution in [0.3, 0.4) is 0 Å². The molecule has 2 N–H and O–H groups in total. The van der Waals surface area contributed by atoms with Crippen LogP contribution in [0.5, 0.6) is 5.75 Å². The van der Waals surface area contributed by atoms with Crippen molar-refractivity contribution in [3.8, 4) is 5.75 Å². The topological polar surface area (TPSA) is 44.5 Å². The van der Waals surface area contributed by atoms with Crippen LogP contribution in [0.2, 0.25) is 0 Å². The molecule has 0 aliphatic heterocycles. The van der Waals surface area contributed by atoms with E-state index >= 15 is 0 Å². The highest BCUT2D eigenvalue weighted by molar-refractivity contribution is 9.10. The molecule has 0 bridgehead atoms.